The summed E-state index contributed by atoms with van der Waals surface area (Å²) < 4.78 is 0. The number of nitriles is 1. The molecule has 4 nitrogen and oxygen atoms in total. The molecule has 1 aromatic heterocycles. The van der Waals surface area contributed by atoms with Crippen LogP contribution in [0, 0.1) is 17.2 Å². The van der Waals surface area contributed by atoms with Crippen molar-refractivity contribution in [2.45, 2.75) is 0 Å². The van der Waals surface area contributed by atoms with Crippen LogP contribution in [0.15, 0.2) is 42.5 Å². The Kier molecular flexibility index (Phi) is 4.18. The molecule has 0 aliphatic rings. The van der Waals surface area contributed by atoms with E-state index in [1.807, 2.05) is 30.3 Å². The minimum Gasteiger partial charge on any atom is -0.508 e. The van der Waals surface area contributed by atoms with E-state index < -0.39 is 11.8 Å². The summed E-state index contributed by atoms with van der Waals surface area (Å²) in [5.74, 6) is -1.34. The van der Waals surface area contributed by atoms with Crippen molar-refractivity contribution in [3.05, 3.63) is 47.4 Å². The van der Waals surface area contributed by atoms with Crippen molar-refractivity contribution in [3.63, 3.8) is 0 Å². The third kappa shape index (κ3) is 3.25. The maximum atomic E-state index is 10.9. The monoisotopic (exact) mass is 284 g/mol. The van der Waals surface area contributed by atoms with E-state index in [2.05, 4.69) is 0 Å². The number of phenols is 1. The molecule has 100 valence electrons. The zero-order valence-corrected chi connectivity index (χ0v) is 11.3. The summed E-state index contributed by atoms with van der Waals surface area (Å²) in [6.07, 6.45) is 3.21. The Morgan fingerprint density at radius 2 is 2.00 bits per heavy atom. The number of aromatic hydroxyl groups is 1. The van der Waals surface area contributed by atoms with E-state index in [4.69, 9.17) is 11.0 Å². The maximum absolute atomic E-state index is 10.9. The highest BCUT2D eigenvalue weighted by molar-refractivity contribution is 7.16. The Balaban J connectivity index is 2.17. The summed E-state index contributed by atoms with van der Waals surface area (Å²) >= 11 is 1.53. The third-order valence-corrected chi connectivity index (χ3v) is 3.78. The number of rotatable bonds is 4. The summed E-state index contributed by atoms with van der Waals surface area (Å²) in [5, 5.41) is 18.0. The molecule has 3 N–H and O–H groups in total. The number of thiophene rings is 1. The molecule has 20 heavy (non-hydrogen) atoms. The number of nitrogens with zero attached hydrogens (tertiary/aromatic N) is 1. The summed E-state index contributed by atoms with van der Waals surface area (Å²) in [4.78, 5) is 12.9. The van der Waals surface area contributed by atoms with Gasteiger partial charge in [-0.2, -0.15) is 5.26 Å². The first-order chi connectivity index (χ1) is 9.60. The lowest BCUT2D eigenvalue weighted by Gasteiger charge is -1.97. The average molecular weight is 284 g/mol. The van der Waals surface area contributed by atoms with Crippen LogP contribution < -0.4 is 5.73 Å². The molecule has 2 aromatic rings. The Bertz CT molecular complexity index is 681. The molecular formula is C15H12N2O2S. The van der Waals surface area contributed by atoms with Gasteiger partial charge in [0.2, 0.25) is 5.91 Å². The van der Waals surface area contributed by atoms with Crippen molar-refractivity contribution < 1.29 is 9.90 Å². The fraction of sp³-hybridized carbons (Fsp3) is 0.0667. The van der Waals surface area contributed by atoms with Gasteiger partial charge in [-0.25, -0.2) is 0 Å². The van der Waals surface area contributed by atoms with Crippen LogP contribution in [-0.2, 0) is 4.79 Å². The first kappa shape index (κ1) is 13.8. The lowest BCUT2D eigenvalue weighted by Crippen LogP contribution is -2.19. The van der Waals surface area contributed by atoms with Crippen LogP contribution in [0.4, 0.5) is 0 Å². The fourth-order valence-electron chi connectivity index (χ4n) is 1.62. The maximum Gasteiger partial charge on any atom is 0.238 e. The molecule has 1 atom stereocenters. The fourth-order valence-corrected chi connectivity index (χ4v) is 2.54. The highest BCUT2D eigenvalue weighted by atomic mass is 32.1. The molecule has 0 radical (unpaired) electrons. The predicted molar refractivity (Wildman–Crippen MR) is 78.8 cm³/mol. The number of hydrogen-bond donors (Lipinski definition) is 2. The van der Waals surface area contributed by atoms with Crippen LogP contribution in [0.2, 0.25) is 0 Å². The highest BCUT2D eigenvalue weighted by Crippen LogP contribution is 2.30. The molecule has 0 saturated heterocycles. The number of phenolic OH excluding ortho intramolecular Hbond substituents is 1. The normalized spacial score (nSPS) is 12.2. The lowest BCUT2D eigenvalue weighted by atomic mass is 10.1. The van der Waals surface area contributed by atoms with E-state index >= 15 is 0 Å². The molecule has 1 heterocycles. The molecule has 5 heteroatoms. The molecule has 0 saturated carbocycles. The number of primary amides is 1. The minimum atomic E-state index is -0.908. The Morgan fingerprint density at radius 1 is 1.30 bits per heavy atom. The standard InChI is InChI=1S/C15H12N2O2S/c16-9-11(15(17)19)3-6-13-7-8-14(20-13)10-1-4-12(18)5-2-10/h1-8,11,18H,(H2,17,19)/b6-3-. The van der Waals surface area contributed by atoms with Crippen molar-refractivity contribution in [3.8, 4) is 22.3 Å². The first-order valence-corrected chi connectivity index (χ1v) is 6.68. The lowest BCUT2D eigenvalue weighted by molar-refractivity contribution is -0.119. The number of amides is 1. The van der Waals surface area contributed by atoms with Gasteiger partial charge >= 0.3 is 0 Å². The van der Waals surface area contributed by atoms with Gasteiger partial charge in [-0.1, -0.05) is 6.08 Å². The second-order valence-electron chi connectivity index (χ2n) is 4.12. The van der Waals surface area contributed by atoms with Gasteiger partial charge in [0.25, 0.3) is 0 Å². The van der Waals surface area contributed by atoms with E-state index in [0.29, 0.717) is 0 Å². The number of nitrogens with two attached hydrogens (primary N) is 1. The number of carbonyl (C=O) groups excluding carboxylic acids is 1. The minimum absolute atomic E-state index is 0.226. The number of benzene rings is 1. The molecule has 2 rings (SSSR count). The smallest absolute Gasteiger partial charge is 0.238 e. The van der Waals surface area contributed by atoms with E-state index in [1.54, 1.807) is 18.2 Å². The van der Waals surface area contributed by atoms with E-state index in [1.165, 1.54) is 17.4 Å². The van der Waals surface area contributed by atoms with Gasteiger partial charge in [0.1, 0.15) is 11.7 Å². The van der Waals surface area contributed by atoms with Crippen molar-refractivity contribution in [2.75, 3.05) is 0 Å². The van der Waals surface area contributed by atoms with Crippen LogP contribution in [0.5, 0.6) is 5.75 Å². The zero-order valence-electron chi connectivity index (χ0n) is 10.5. The second-order valence-corrected chi connectivity index (χ2v) is 5.23. The first-order valence-electron chi connectivity index (χ1n) is 5.86. The van der Waals surface area contributed by atoms with Gasteiger partial charge in [-0.3, -0.25) is 4.79 Å². The number of carbonyl (C=O) groups is 1. The van der Waals surface area contributed by atoms with Crippen molar-refractivity contribution in [1.82, 2.24) is 0 Å². The molecule has 0 bridgehead atoms. The van der Waals surface area contributed by atoms with Gasteiger partial charge in [0.15, 0.2) is 0 Å². The molecule has 0 spiro atoms. The largest absolute Gasteiger partial charge is 0.508 e. The van der Waals surface area contributed by atoms with Gasteiger partial charge in [-0.15, -0.1) is 11.3 Å². The molecule has 0 aliphatic heterocycles. The average Bonchev–Trinajstić information content (AvgIpc) is 2.89. The second kappa shape index (κ2) is 6.04. The molecule has 1 amide bonds. The predicted octanol–water partition coefficient (Wildman–Crippen LogP) is 2.76. The van der Waals surface area contributed by atoms with Crippen LogP contribution in [-0.4, -0.2) is 11.0 Å². The van der Waals surface area contributed by atoms with Crippen molar-refractivity contribution in [1.29, 1.82) is 5.26 Å². The van der Waals surface area contributed by atoms with Gasteiger partial charge < -0.3 is 10.8 Å². The quantitative estimate of drug-likeness (QED) is 0.905. The Hall–Kier alpha value is -2.58. The van der Waals surface area contributed by atoms with Crippen LogP contribution >= 0.6 is 11.3 Å². The van der Waals surface area contributed by atoms with Crippen LogP contribution in [0.3, 0.4) is 0 Å². The van der Waals surface area contributed by atoms with Crippen LogP contribution in [0.1, 0.15) is 4.88 Å². The van der Waals surface area contributed by atoms with Gasteiger partial charge in [0.05, 0.1) is 6.07 Å². The highest BCUT2D eigenvalue weighted by Gasteiger charge is 2.09. The zero-order chi connectivity index (χ0) is 14.5. The molecule has 0 aliphatic carbocycles. The van der Waals surface area contributed by atoms with E-state index in [9.17, 15) is 9.90 Å². The SMILES string of the molecule is N#CC(/C=C\c1ccc(-c2ccc(O)cc2)s1)C(N)=O. The van der Waals surface area contributed by atoms with Crippen molar-refractivity contribution >= 4 is 23.3 Å². The Morgan fingerprint density at radius 3 is 2.60 bits per heavy atom. The topological polar surface area (TPSA) is 87.1 Å². The van der Waals surface area contributed by atoms with Crippen LogP contribution in [0.25, 0.3) is 16.5 Å². The molecule has 1 unspecified atom stereocenters. The summed E-state index contributed by atoms with van der Waals surface area (Å²) in [5.41, 5.74) is 6.09. The summed E-state index contributed by atoms with van der Waals surface area (Å²) in [7, 11) is 0. The molecule has 0 fully saturated rings. The molecular weight excluding hydrogens is 272 g/mol. The van der Waals surface area contributed by atoms with Gasteiger partial charge in [-0.05, 0) is 48.0 Å². The van der Waals surface area contributed by atoms with Crippen molar-refractivity contribution in [2.24, 2.45) is 11.7 Å². The summed E-state index contributed by atoms with van der Waals surface area (Å²) in [6, 6.07) is 12.6. The summed E-state index contributed by atoms with van der Waals surface area (Å²) in [6.45, 7) is 0. The third-order valence-electron chi connectivity index (χ3n) is 2.68. The molecule has 1 aromatic carbocycles. The Labute approximate surface area is 120 Å². The van der Waals surface area contributed by atoms with E-state index in [-0.39, 0.29) is 5.75 Å². The van der Waals surface area contributed by atoms with Gasteiger partial charge in [0, 0.05) is 9.75 Å². The number of hydrogen-bond acceptors (Lipinski definition) is 4. The van der Waals surface area contributed by atoms with E-state index in [0.717, 1.165) is 15.3 Å².